The summed E-state index contributed by atoms with van der Waals surface area (Å²) in [4.78, 5) is 12.5. The van der Waals surface area contributed by atoms with E-state index in [1.807, 2.05) is 20.8 Å². The first kappa shape index (κ1) is 31.7. The lowest BCUT2D eigenvalue weighted by Gasteiger charge is -2.36. The molecule has 0 atom stereocenters. The number of carbonyl (C=O) groups excluding carboxylic acids is 1. The molecule has 2 rings (SSSR count). The topological polar surface area (TPSA) is 66.8 Å². The molecule has 0 heterocycles. The van der Waals surface area contributed by atoms with Crippen molar-refractivity contribution in [2.45, 2.75) is 130 Å². The van der Waals surface area contributed by atoms with Gasteiger partial charge in [0.05, 0.1) is 12.7 Å². The van der Waals surface area contributed by atoms with Crippen molar-refractivity contribution in [1.29, 1.82) is 0 Å². The lowest BCUT2D eigenvalue weighted by atomic mass is 9.69. The number of hydrogen-bond acceptors (Lipinski definition) is 4. The van der Waals surface area contributed by atoms with E-state index in [2.05, 4.69) is 81.4 Å². The van der Waals surface area contributed by atoms with Crippen LogP contribution in [-0.2, 0) is 31.8 Å². The Bertz CT molecular complexity index is 1180. The molecule has 0 radical (unpaired) electrons. The van der Waals surface area contributed by atoms with E-state index < -0.39 is 11.4 Å². The Labute approximate surface area is 231 Å². The van der Waals surface area contributed by atoms with Crippen molar-refractivity contribution in [3.63, 3.8) is 0 Å². The third-order valence-electron chi connectivity index (χ3n) is 7.96. The molecule has 0 spiro atoms. The summed E-state index contributed by atoms with van der Waals surface area (Å²) in [5.41, 5.74) is 3.68. The highest BCUT2D eigenvalue weighted by atomic mass is 16.5. The molecule has 2 N–H and O–H groups in total. The first-order chi connectivity index (χ1) is 16.9. The third-order valence-corrected chi connectivity index (χ3v) is 7.96. The van der Waals surface area contributed by atoms with Crippen molar-refractivity contribution in [2.24, 2.45) is 0 Å². The number of carbonyl (C=O) groups is 1. The number of benzene rings is 2. The number of ether oxygens (including phenoxy) is 1. The number of rotatable bonds is 6. The summed E-state index contributed by atoms with van der Waals surface area (Å²) in [7, 11) is 1.38. The van der Waals surface area contributed by atoms with Crippen LogP contribution >= 0.6 is 0 Å². The van der Waals surface area contributed by atoms with Gasteiger partial charge in [0.1, 0.15) is 11.5 Å². The smallest absolute Gasteiger partial charge is 0.337 e. The highest BCUT2D eigenvalue weighted by Gasteiger charge is 2.35. The molecule has 0 bridgehead atoms. The van der Waals surface area contributed by atoms with Crippen LogP contribution in [0.1, 0.15) is 141 Å². The van der Waals surface area contributed by atoms with E-state index in [-0.39, 0.29) is 27.4 Å². The molecule has 0 unspecified atom stereocenters. The summed E-state index contributed by atoms with van der Waals surface area (Å²) in [6, 6.07) is 7.85. The maximum absolute atomic E-state index is 12.5. The van der Waals surface area contributed by atoms with E-state index >= 15 is 0 Å². The van der Waals surface area contributed by atoms with E-state index in [0.29, 0.717) is 11.3 Å². The zero-order valence-corrected chi connectivity index (χ0v) is 26.4. The lowest BCUT2D eigenvalue weighted by molar-refractivity contribution is 0.0600. The van der Waals surface area contributed by atoms with Crippen molar-refractivity contribution in [1.82, 2.24) is 0 Å². The monoisotopic (exact) mass is 524 g/mol. The van der Waals surface area contributed by atoms with Crippen LogP contribution in [0.25, 0.3) is 0 Å². The molecule has 2 aromatic carbocycles. The minimum absolute atomic E-state index is 0.0543. The SMILES string of the molecule is COC(=O)c1cc(C(C)(C)C)c(O)c(C(C)(C)CCC(C)(C)c2cc(C(C)(C)C)cc(C(C)(C)C)c2O)c1. The lowest BCUT2D eigenvalue weighted by Crippen LogP contribution is -2.27. The minimum Gasteiger partial charge on any atom is -0.507 e. The Morgan fingerprint density at radius 2 is 0.947 bits per heavy atom. The zero-order chi connectivity index (χ0) is 29.6. The molecule has 0 aromatic heterocycles. The van der Waals surface area contributed by atoms with E-state index in [1.165, 1.54) is 12.7 Å². The fraction of sp³-hybridized carbons (Fsp3) is 0.618. The molecule has 0 amide bonds. The molecule has 0 aliphatic rings. The maximum atomic E-state index is 12.5. The van der Waals surface area contributed by atoms with Gasteiger partial charge >= 0.3 is 5.97 Å². The largest absolute Gasteiger partial charge is 0.507 e. The van der Waals surface area contributed by atoms with Gasteiger partial charge in [-0.25, -0.2) is 4.79 Å². The Kier molecular flexibility index (Phi) is 8.55. The van der Waals surface area contributed by atoms with Gasteiger partial charge < -0.3 is 14.9 Å². The summed E-state index contributed by atoms with van der Waals surface area (Å²) in [5, 5.41) is 22.9. The van der Waals surface area contributed by atoms with Crippen LogP contribution in [0.3, 0.4) is 0 Å². The molecule has 0 fully saturated rings. The molecule has 0 saturated heterocycles. The molecule has 0 aliphatic carbocycles. The van der Waals surface area contributed by atoms with Crippen LogP contribution in [0.4, 0.5) is 0 Å². The molecule has 4 nitrogen and oxygen atoms in total. The van der Waals surface area contributed by atoms with Gasteiger partial charge in [-0.05, 0) is 63.2 Å². The van der Waals surface area contributed by atoms with Crippen molar-refractivity contribution in [3.05, 3.63) is 57.6 Å². The van der Waals surface area contributed by atoms with Crippen LogP contribution in [0, 0.1) is 0 Å². The standard InChI is InChI=1S/C34H52O4/c1-30(2,3)22-19-24(32(7,8)9)28(36)26(20-22)34(12,13)16-15-33(10,11)25-18-21(29(37)38-14)17-23(27(25)35)31(4,5)6/h17-20,35-36H,15-16H2,1-14H3. The Balaban J connectivity index is 2.60. The zero-order valence-electron chi connectivity index (χ0n) is 26.4. The second-order valence-corrected chi connectivity index (χ2v) is 15.3. The maximum Gasteiger partial charge on any atom is 0.337 e. The van der Waals surface area contributed by atoms with Crippen molar-refractivity contribution >= 4 is 5.97 Å². The first-order valence-corrected chi connectivity index (χ1v) is 13.8. The van der Waals surface area contributed by atoms with Gasteiger partial charge in [0, 0.05) is 16.7 Å². The van der Waals surface area contributed by atoms with E-state index in [9.17, 15) is 15.0 Å². The summed E-state index contributed by atoms with van der Waals surface area (Å²) >= 11 is 0. The second-order valence-electron chi connectivity index (χ2n) is 15.3. The number of aromatic hydroxyl groups is 2. The van der Waals surface area contributed by atoms with Crippen LogP contribution in [0.2, 0.25) is 0 Å². The average molecular weight is 525 g/mol. The van der Waals surface area contributed by atoms with Gasteiger partial charge in [0.2, 0.25) is 0 Å². The van der Waals surface area contributed by atoms with E-state index in [1.54, 1.807) is 12.1 Å². The summed E-state index contributed by atoms with van der Waals surface area (Å²) < 4.78 is 5.03. The Morgan fingerprint density at radius 1 is 0.605 bits per heavy atom. The van der Waals surface area contributed by atoms with Crippen molar-refractivity contribution in [2.75, 3.05) is 7.11 Å². The molecular weight excluding hydrogens is 472 g/mol. The summed E-state index contributed by atoms with van der Waals surface area (Å²) in [5.74, 6) is 0.200. The number of hydrogen-bond donors (Lipinski definition) is 2. The van der Waals surface area contributed by atoms with Gasteiger partial charge in [-0.3, -0.25) is 0 Å². The molecule has 38 heavy (non-hydrogen) atoms. The second kappa shape index (κ2) is 10.2. The van der Waals surface area contributed by atoms with Crippen molar-refractivity contribution in [3.8, 4) is 11.5 Å². The van der Waals surface area contributed by atoms with Crippen molar-refractivity contribution < 1.29 is 19.7 Å². The van der Waals surface area contributed by atoms with Gasteiger partial charge in [-0.2, -0.15) is 0 Å². The molecule has 0 aliphatic heterocycles. The van der Waals surface area contributed by atoms with Gasteiger partial charge in [0.15, 0.2) is 0 Å². The highest BCUT2D eigenvalue weighted by molar-refractivity contribution is 5.90. The molecule has 2 aromatic rings. The summed E-state index contributed by atoms with van der Waals surface area (Å²) in [6.07, 6.45) is 1.52. The molecule has 212 valence electrons. The van der Waals surface area contributed by atoms with Crippen LogP contribution in [0.15, 0.2) is 24.3 Å². The molecule has 4 heteroatoms. The Morgan fingerprint density at radius 3 is 1.32 bits per heavy atom. The normalized spacial score (nSPS) is 13.5. The average Bonchev–Trinajstić information content (AvgIpc) is 2.75. The predicted octanol–water partition coefficient (Wildman–Crippen LogP) is 8.81. The molecule has 0 saturated carbocycles. The number of esters is 1. The predicted molar refractivity (Wildman–Crippen MR) is 159 cm³/mol. The van der Waals surface area contributed by atoms with Gasteiger partial charge in [0.25, 0.3) is 0 Å². The van der Waals surface area contributed by atoms with Gasteiger partial charge in [-0.1, -0.05) is 102 Å². The van der Waals surface area contributed by atoms with E-state index in [4.69, 9.17) is 4.74 Å². The third kappa shape index (κ3) is 6.74. The van der Waals surface area contributed by atoms with Gasteiger partial charge in [-0.15, -0.1) is 0 Å². The number of methoxy groups -OCH3 is 1. The number of phenols is 2. The quantitative estimate of drug-likeness (QED) is 0.371. The minimum atomic E-state index is -0.435. The fourth-order valence-electron chi connectivity index (χ4n) is 5.01. The van der Waals surface area contributed by atoms with Crippen LogP contribution in [0.5, 0.6) is 11.5 Å². The summed E-state index contributed by atoms with van der Waals surface area (Å²) in [6.45, 7) is 27.7. The Hall–Kier alpha value is -2.49. The fourth-order valence-corrected chi connectivity index (χ4v) is 5.01. The van der Waals surface area contributed by atoms with Crippen LogP contribution < -0.4 is 0 Å². The highest BCUT2D eigenvalue weighted by Crippen LogP contribution is 2.47. The van der Waals surface area contributed by atoms with Crippen LogP contribution in [-0.4, -0.2) is 23.3 Å². The number of phenolic OH excluding ortho intramolecular Hbond substituents is 2. The molecular formula is C34H52O4. The van der Waals surface area contributed by atoms with E-state index in [0.717, 1.165) is 35.1 Å². The first-order valence-electron chi connectivity index (χ1n) is 13.8.